The van der Waals surface area contributed by atoms with Crippen molar-refractivity contribution in [3.05, 3.63) is 101 Å². The number of esters is 1. The molecule has 2 aliphatic heterocycles. The highest BCUT2D eigenvalue weighted by Crippen LogP contribution is 2.34. The standard InChI is InChI=1S/C37H43N3O6/c1-37(2,3)46-36(44)40-31-17-11-10-15-28(31)23-32(40)35(43)38(20-18-26-12-6-5-7-13-26)21-19-33(41)39-25-29-16-9-8-14-27(29)22-30(39)24-34(42)45-4/h5-17,30,32H,18-25H2,1-4H3/t30-,32-/m1/s1. The SMILES string of the molecule is COC(=O)C[C@H]1Cc2ccccc2CN1C(=O)CCN(CCc1ccccc1)C(=O)[C@H]1Cc2ccccc2N1C(=O)OC(C)(C)C. The maximum absolute atomic E-state index is 14.4. The van der Waals surface area contributed by atoms with E-state index in [2.05, 4.69) is 0 Å². The van der Waals surface area contributed by atoms with Gasteiger partial charge in [0, 0.05) is 38.5 Å². The lowest BCUT2D eigenvalue weighted by molar-refractivity contribution is -0.144. The minimum absolute atomic E-state index is 0.0759. The van der Waals surface area contributed by atoms with Crippen molar-refractivity contribution in [3.63, 3.8) is 0 Å². The van der Waals surface area contributed by atoms with E-state index in [1.54, 1.807) is 30.6 Å². The van der Waals surface area contributed by atoms with Crippen LogP contribution < -0.4 is 4.90 Å². The fraction of sp³-hybridized carbons (Fsp3) is 0.405. The van der Waals surface area contributed by atoms with Crippen LogP contribution in [0.5, 0.6) is 0 Å². The molecule has 0 unspecified atom stereocenters. The number of amides is 3. The topological polar surface area (TPSA) is 96.5 Å². The number of rotatable bonds is 9. The van der Waals surface area contributed by atoms with Gasteiger partial charge in [0.2, 0.25) is 11.8 Å². The van der Waals surface area contributed by atoms with Gasteiger partial charge in [-0.15, -0.1) is 0 Å². The van der Waals surface area contributed by atoms with Crippen LogP contribution in [0.3, 0.4) is 0 Å². The van der Waals surface area contributed by atoms with E-state index < -0.39 is 17.7 Å². The third-order valence-corrected chi connectivity index (χ3v) is 8.58. The molecule has 0 N–H and O–H groups in total. The lowest BCUT2D eigenvalue weighted by Gasteiger charge is -2.37. The summed E-state index contributed by atoms with van der Waals surface area (Å²) in [6.45, 7) is 6.33. The van der Waals surface area contributed by atoms with Crippen LogP contribution in [0.1, 0.15) is 55.9 Å². The molecular formula is C37H43N3O6. The van der Waals surface area contributed by atoms with Crippen molar-refractivity contribution in [3.8, 4) is 0 Å². The Morgan fingerprint density at radius 1 is 0.826 bits per heavy atom. The maximum Gasteiger partial charge on any atom is 0.415 e. The summed E-state index contributed by atoms with van der Waals surface area (Å²) in [6, 6.07) is 24.2. The molecule has 5 rings (SSSR count). The predicted molar refractivity (Wildman–Crippen MR) is 175 cm³/mol. The first kappa shape index (κ1) is 32.7. The van der Waals surface area contributed by atoms with Crippen molar-refractivity contribution in [2.75, 3.05) is 25.1 Å². The van der Waals surface area contributed by atoms with E-state index in [-0.39, 0.29) is 43.2 Å². The first-order valence-corrected chi connectivity index (χ1v) is 15.9. The number of hydrogen-bond acceptors (Lipinski definition) is 6. The third kappa shape index (κ3) is 7.76. The van der Waals surface area contributed by atoms with Crippen molar-refractivity contribution in [1.82, 2.24) is 9.80 Å². The van der Waals surface area contributed by atoms with Crippen LogP contribution in [0.15, 0.2) is 78.9 Å². The van der Waals surface area contributed by atoms with Crippen molar-refractivity contribution in [2.24, 2.45) is 0 Å². The molecule has 9 nitrogen and oxygen atoms in total. The van der Waals surface area contributed by atoms with Crippen molar-refractivity contribution in [2.45, 2.75) is 77.1 Å². The molecule has 46 heavy (non-hydrogen) atoms. The molecule has 2 atom stereocenters. The highest BCUT2D eigenvalue weighted by molar-refractivity contribution is 6.00. The summed E-state index contributed by atoms with van der Waals surface area (Å²) in [5.74, 6) is -0.745. The molecule has 3 aromatic carbocycles. The molecule has 2 heterocycles. The fourth-order valence-corrected chi connectivity index (χ4v) is 6.28. The van der Waals surface area contributed by atoms with Gasteiger partial charge >= 0.3 is 12.1 Å². The smallest absolute Gasteiger partial charge is 0.415 e. The lowest BCUT2D eigenvalue weighted by atomic mass is 9.92. The predicted octanol–water partition coefficient (Wildman–Crippen LogP) is 5.33. The van der Waals surface area contributed by atoms with Gasteiger partial charge in [-0.25, -0.2) is 4.79 Å². The molecule has 2 aliphatic rings. The molecule has 9 heteroatoms. The second kappa shape index (κ2) is 14.2. The first-order chi connectivity index (χ1) is 22.0. The van der Waals surface area contributed by atoms with E-state index in [9.17, 15) is 19.2 Å². The Hall–Kier alpha value is -4.66. The number of hydrogen-bond donors (Lipinski definition) is 0. The minimum Gasteiger partial charge on any atom is -0.469 e. The number of anilines is 1. The van der Waals surface area contributed by atoms with Gasteiger partial charge in [0.25, 0.3) is 0 Å². The second-order valence-electron chi connectivity index (χ2n) is 12.9. The Bertz CT molecular complexity index is 1570. The average molecular weight is 626 g/mol. The Morgan fingerprint density at radius 2 is 1.48 bits per heavy atom. The normalized spacial score (nSPS) is 17.1. The largest absolute Gasteiger partial charge is 0.469 e. The monoisotopic (exact) mass is 625 g/mol. The number of carbonyl (C=O) groups is 4. The second-order valence-corrected chi connectivity index (χ2v) is 12.9. The number of methoxy groups -OCH3 is 1. The maximum atomic E-state index is 14.4. The van der Waals surface area contributed by atoms with Crippen molar-refractivity contribution >= 4 is 29.6 Å². The quantitative estimate of drug-likeness (QED) is 0.298. The Morgan fingerprint density at radius 3 is 2.17 bits per heavy atom. The summed E-state index contributed by atoms with van der Waals surface area (Å²) in [5, 5.41) is 0. The van der Waals surface area contributed by atoms with Crippen LogP contribution in [-0.4, -0.2) is 71.6 Å². The zero-order chi connectivity index (χ0) is 32.8. The number of para-hydroxylation sites is 1. The molecule has 0 spiro atoms. The highest BCUT2D eigenvalue weighted by atomic mass is 16.6. The molecule has 0 saturated heterocycles. The fourth-order valence-electron chi connectivity index (χ4n) is 6.28. The van der Waals surface area contributed by atoms with E-state index in [4.69, 9.17) is 9.47 Å². The van der Waals surface area contributed by atoms with E-state index in [0.717, 1.165) is 22.3 Å². The highest BCUT2D eigenvalue weighted by Gasteiger charge is 2.42. The molecule has 242 valence electrons. The molecule has 3 aromatic rings. The number of nitrogens with zero attached hydrogens (tertiary/aromatic N) is 3. The average Bonchev–Trinajstić information content (AvgIpc) is 3.43. The van der Waals surface area contributed by atoms with Crippen LogP contribution in [0.4, 0.5) is 10.5 Å². The Kier molecular flexibility index (Phi) is 10.1. The molecule has 0 aromatic heterocycles. The number of fused-ring (bicyclic) bond motifs is 2. The van der Waals surface area contributed by atoms with Gasteiger partial charge in [0.15, 0.2) is 0 Å². The summed E-state index contributed by atoms with van der Waals surface area (Å²) in [7, 11) is 1.35. The van der Waals surface area contributed by atoms with E-state index in [0.29, 0.717) is 38.0 Å². The zero-order valence-electron chi connectivity index (χ0n) is 27.1. The van der Waals surface area contributed by atoms with Gasteiger partial charge < -0.3 is 19.3 Å². The van der Waals surface area contributed by atoms with Crippen molar-refractivity contribution < 1.29 is 28.7 Å². The van der Waals surface area contributed by atoms with Crippen molar-refractivity contribution in [1.29, 1.82) is 0 Å². The molecule has 0 aliphatic carbocycles. The van der Waals surface area contributed by atoms with Crippen LogP contribution in [0.25, 0.3) is 0 Å². The summed E-state index contributed by atoms with van der Waals surface area (Å²) in [4.78, 5) is 59.0. The van der Waals surface area contributed by atoms with Gasteiger partial charge in [-0.1, -0.05) is 72.8 Å². The number of benzene rings is 3. The molecule has 0 saturated carbocycles. The van der Waals surface area contributed by atoms with Crippen LogP contribution in [-0.2, 0) is 49.7 Å². The summed E-state index contributed by atoms with van der Waals surface area (Å²) in [5.41, 5.74) is 4.04. The third-order valence-electron chi connectivity index (χ3n) is 8.58. The minimum atomic E-state index is -0.799. The summed E-state index contributed by atoms with van der Waals surface area (Å²) < 4.78 is 10.7. The molecule has 0 bridgehead atoms. The van der Waals surface area contributed by atoms with Gasteiger partial charge in [0.05, 0.1) is 19.2 Å². The van der Waals surface area contributed by atoms with Gasteiger partial charge in [0.1, 0.15) is 11.6 Å². The van der Waals surface area contributed by atoms with Gasteiger partial charge in [-0.3, -0.25) is 19.3 Å². The van der Waals surface area contributed by atoms with Gasteiger partial charge in [-0.05, 0) is 61.9 Å². The molecule has 3 amide bonds. The van der Waals surface area contributed by atoms with Crippen LogP contribution in [0, 0.1) is 0 Å². The number of ether oxygens (including phenoxy) is 2. The molecular weight excluding hydrogens is 582 g/mol. The van der Waals surface area contributed by atoms with Crippen LogP contribution >= 0.6 is 0 Å². The lowest BCUT2D eigenvalue weighted by Crippen LogP contribution is -2.52. The Labute approximate surface area is 271 Å². The van der Waals surface area contributed by atoms with Crippen LogP contribution in [0.2, 0.25) is 0 Å². The van der Waals surface area contributed by atoms with E-state index in [1.807, 2.05) is 78.9 Å². The molecule has 0 radical (unpaired) electrons. The van der Waals surface area contributed by atoms with E-state index in [1.165, 1.54) is 12.0 Å². The number of carbonyl (C=O) groups excluding carboxylic acids is 4. The summed E-state index contributed by atoms with van der Waals surface area (Å²) >= 11 is 0. The Balaban J connectivity index is 1.38. The molecule has 0 fully saturated rings. The van der Waals surface area contributed by atoms with E-state index >= 15 is 0 Å². The van der Waals surface area contributed by atoms with Gasteiger partial charge in [-0.2, -0.15) is 0 Å². The first-order valence-electron chi connectivity index (χ1n) is 15.9. The summed E-state index contributed by atoms with van der Waals surface area (Å²) in [6.07, 6.45) is 1.10. The zero-order valence-corrected chi connectivity index (χ0v) is 27.1.